The summed E-state index contributed by atoms with van der Waals surface area (Å²) in [5, 5.41) is 2.91. The molecule has 3 rings (SSSR count). The minimum Gasteiger partial charge on any atom is -0.348 e. The molecule has 172 valence electrons. The highest BCUT2D eigenvalue weighted by molar-refractivity contribution is 7.89. The summed E-state index contributed by atoms with van der Waals surface area (Å²) in [6.45, 7) is 8.90. The van der Waals surface area contributed by atoms with E-state index < -0.39 is 16.1 Å². The van der Waals surface area contributed by atoms with Gasteiger partial charge in [0.25, 0.3) is 0 Å². The van der Waals surface area contributed by atoms with Crippen LogP contribution in [-0.2, 0) is 26.0 Å². The topological polar surface area (TPSA) is 95.6 Å². The van der Waals surface area contributed by atoms with Gasteiger partial charge in [-0.1, -0.05) is 44.2 Å². The number of anilines is 1. The summed E-state index contributed by atoms with van der Waals surface area (Å²) in [4.78, 5) is 26.6. The van der Waals surface area contributed by atoms with E-state index in [2.05, 4.69) is 10.0 Å². The highest BCUT2D eigenvalue weighted by Gasteiger charge is 2.32. The Kier molecular flexibility index (Phi) is 7.05. The first-order chi connectivity index (χ1) is 15.0. The maximum absolute atomic E-state index is 13.1. The highest BCUT2D eigenvalue weighted by atomic mass is 32.2. The van der Waals surface area contributed by atoms with E-state index in [1.807, 2.05) is 44.2 Å². The summed E-state index contributed by atoms with van der Waals surface area (Å²) >= 11 is 0. The highest BCUT2D eigenvalue weighted by Crippen LogP contribution is 2.34. The SMILES string of the molecule is CC(=O)N1c2ccc(S(=O)(=O)N[C@H](C(=O)N[C@H](C)c3ccccc3)C(C)C)cc2C[C@H]1C. The van der Waals surface area contributed by atoms with Crippen LogP contribution in [0.5, 0.6) is 0 Å². The number of benzene rings is 2. The maximum Gasteiger partial charge on any atom is 0.241 e. The maximum atomic E-state index is 13.1. The molecule has 2 aromatic rings. The van der Waals surface area contributed by atoms with Crippen molar-refractivity contribution in [3.8, 4) is 0 Å². The average molecular weight is 458 g/mol. The van der Waals surface area contributed by atoms with Crippen LogP contribution in [0.2, 0.25) is 0 Å². The summed E-state index contributed by atoms with van der Waals surface area (Å²) in [5.41, 5.74) is 2.48. The standard InChI is InChI=1S/C24H31N3O4S/c1-15(2)23(24(29)25-17(4)19-9-7-6-8-10-19)26-32(30,31)21-11-12-22-20(14-21)13-16(3)27(22)18(5)28/h6-12,14-17,23,26H,13H2,1-5H3,(H,25,29)/t16-,17-,23+/m1/s1. The number of rotatable bonds is 7. The van der Waals surface area contributed by atoms with E-state index in [1.54, 1.807) is 30.9 Å². The van der Waals surface area contributed by atoms with Crippen molar-refractivity contribution in [2.75, 3.05) is 4.90 Å². The van der Waals surface area contributed by atoms with Crippen molar-refractivity contribution in [1.82, 2.24) is 10.0 Å². The van der Waals surface area contributed by atoms with Crippen molar-refractivity contribution in [3.63, 3.8) is 0 Å². The summed E-state index contributed by atoms with van der Waals surface area (Å²) in [5.74, 6) is -0.707. The van der Waals surface area contributed by atoms with Gasteiger partial charge in [0.15, 0.2) is 0 Å². The Balaban J connectivity index is 1.80. The Labute approximate surface area is 190 Å². The monoisotopic (exact) mass is 457 g/mol. The van der Waals surface area contributed by atoms with Gasteiger partial charge >= 0.3 is 0 Å². The second-order valence-electron chi connectivity index (χ2n) is 8.72. The van der Waals surface area contributed by atoms with Crippen LogP contribution in [0.25, 0.3) is 0 Å². The molecule has 2 aromatic carbocycles. The zero-order valence-electron chi connectivity index (χ0n) is 19.1. The van der Waals surface area contributed by atoms with E-state index in [9.17, 15) is 18.0 Å². The summed E-state index contributed by atoms with van der Waals surface area (Å²) in [7, 11) is -3.94. The zero-order chi connectivity index (χ0) is 23.6. The van der Waals surface area contributed by atoms with Crippen LogP contribution in [0.1, 0.15) is 51.8 Å². The molecule has 1 aliphatic rings. The molecule has 2 N–H and O–H groups in total. The van der Waals surface area contributed by atoms with Crippen molar-refractivity contribution in [2.45, 2.75) is 64.1 Å². The van der Waals surface area contributed by atoms with E-state index in [-0.39, 0.29) is 34.7 Å². The van der Waals surface area contributed by atoms with Crippen molar-refractivity contribution in [3.05, 3.63) is 59.7 Å². The van der Waals surface area contributed by atoms with Crippen LogP contribution in [-0.4, -0.2) is 32.3 Å². The first-order valence-corrected chi connectivity index (χ1v) is 12.3. The van der Waals surface area contributed by atoms with Gasteiger partial charge in [-0.2, -0.15) is 4.72 Å². The molecular formula is C24H31N3O4S. The van der Waals surface area contributed by atoms with E-state index in [0.29, 0.717) is 6.42 Å². The number of sulfonamides is 1. The quantitative estimate of drug-likeness (QED) is 0.668. The van der Waals surface area contributed by atoms with Crippen LogP contribution < -0.4 is 14.9 Å². The minimum absolute atomic E-state index is 0.0259. The number of carbonyl (C=O) groups excluding carboxylic acids is 2. The van der Waals surface area contributed by atoms with Gasteiger partial charge in [-0.15, -0.1) is 0 Å². The molecule has 0 saturated heterocycles. The Bertz CT molecular complexity index is 1100. The van der Waals surface area contributed by atoms with E-state index in [1.165, 1.54) is 13.0 Å². The molecule has 2 amide bonds. The molecule has 0 radical (unpaired) electrons. The molecule has 0 spiro atoms. The lowest BCUT2D eigenvalue weighted by Gasteiger charge is -2.24. The molecule has 0 aromatic heterocycles. The number of amides is 2. The predicted octanol–water partition coefficient (Wildman–Crippen LogP) is 3.16. The van der Waals surface area contributed by atoms with Crippen LogP contribution in [0, 0.1) is 5.92 Å². The third-order valence-corrected chi connectivity index (χ3v) is 7.24. The van der Waals surface area contributed by atoms with Gasteiger partial charge in [-0.05, 0) is 55.5 Å². The van der Waals surface area contributed by atoms with Gasteiger partial charge in [-0.3, -0.25) is 9.59 Å². The third-order valence-electron chi connectivity index (χ3n) is 5.81. The second kappa shape index (κ2) is 9.42. The summed E-state index contributed by atoms with van der Waals surface area (Å²) < 4.78 is 28.8. The molecule has 3 atom stereocenters. The predicted molar refractivity (Wildman–Crippen MR) is 125 cm³/mol. The number of hydrogen-bond donors (Lipinski definition) is 2. The lowest BCUT2D eigenvalue weighted by atomic mass is 10.0. The summed E-state index contributed by atoms with van der Waals surface area (Å²) in [6, 6.07) is 13.0. The normalized spacial score (nSPS) is 17.7. The molecule has 7 nitrogen and oxygen atoms in total. The Hall–Kier alpha value is -2.71. The number of hydrogen-bond acceptors (Lipinski definition) is 4. The van der Waals surface area contributed by atoms with Crippen molar-refractivity contribution in [1.29, 1.82) is 0 Å². The number of carbonyl (C=O) groups is 2. The molecular weight excluding hydrogens is 426 g/mol. The Morgan fingerprint density at radius 2 is 1.72 bits per heavy atom. The average Bonchev–Trinajstić information content (AvgIpc) is 3.07. The van der Waals surface area contributed by atoms with E-state index in [4.69, 9.17) is 0 Å². The van der Waals surface area contributed by atoms with Crippen LogP contribution in [0.3, 0.4) is 0 Å². The van der Waals surface area contributed by atoms with Crippen molar-refractivity contribution < 1.29 is 18.0 Å². The minimum atomic E-state index is -3.94. The molecule has 0 fully saturated rings. The molecule has 0 aliphatic carbocycles. The van der Waals surface area contributed by atoms with E-state index >= 15 is 0 Å². The first kappa shape index (κ1) is 23.9. The molecule has 8 heteroatoms. The summed E-state index contributed by atoms with van der Waals surface area (Å²) in [6.07, 6.45) is 0.584. The van der Waals surface area contributed by atoms with Crippen LogP contribution in [0.4, 0.5) is 5.69 Å². The Morgan fingerprint density at radius 1 is 1.06 bits per heavy atom. The smallest absolute Gasteiger partial charge is 0.241 e. The lowest BCUT2D eigenvalue weighted by Crippen LogP contribution is -2.50. The number of nitrogens with one attached hydrogen (secondary N) is 2. The fourth-order valence-corrected chi connectivity index (χ4v) is 5.50. The lowest BCUT2D eigenvalue weighted by molar-refractivity contribution is -0.124. The molecule has 1 heterocycles. The fraction of sp³-hybridized carbons (Fsp3) is 0.417. The third kappa shape index (κ3) is 5.02. The van der Waals surface area contributed by atoms with Crippen molar-refractivity contribution in [2.24, 2.45) is 5.92 Å². The Morgan fingerprint density at radius 3 is 2.31 bits per heavy atom. The van der Waals surface area contributed by atoms with E-state index in [0.717, 1.165) is 16.8 Å². The van der Waals surface area contributed by atoms with Gasteiger partial charge in [0, 0.05) is 18.7 Å². The first-order valence-electron chi connectivity index (χ1n) is 10.8. The molecule has 0 saturated carbocycles. The van der Waals surface area contributed by atoms with Gasteiger partial charge in [-0.25, -0.2) is 8.42 Å². The second-order valence-corrected chi connectivity index (χ2v) is 10.4. The van der Waals surface area contributed by atoms with Crippen LogP contribution in [0.15, 0.2) is 53.4 Å². The van der Waals surface area contributed by atoms with Gasteiger partial charge in [0.1, 0.15) is 6.04 Å². The van der Waals surface area contributed by atoms with Gasteiger partial charge in [0.05, 0.1) is 10.9 Å². The molecule has 32 heavy (non-hydrogen) atoms. The number of nitrogens with zero attached hydrogens (tertiary/aromatic N) is 1. The van der Waals surface area contributed by atoms with Crippen LogP contribution >= 0.6 is 0 Å². The van der Waals surface area contributed by atoms with Gasteiger partial charge < -0.3 is 10.2 Å². The fourth-order valence-electron chi connectivity index (χ4n) is 4.11. The molecule has 1 aliphatic heterocycles. The van der Waals surface area contributed by atoms with Crippen molar-refractivity contribution >= 4 is 27.5 Å². The zero-order valence-corrected chi connectivity index (χ0v) is 19.9. The number of fused-ring (bicyclic) bond motifs is 1. The molecule has 0 bridgehead atoms. The van der Waals surface area contributed by atoms with Gasteiger partial charge in [0.2, 0.25) is 21.8 Å². The molecule has 0 unspecified atom stereocenters. The largest absolute Gasteiger partial charge is 0.348 e.